The molecule has 0 spiro atoms. The van der Waals surface area contributed by atoms with Crippen LogP contribution in [0.3, 0.4) is 0 Å². The van der Waals surface area contributed by atoms with Gasteiger partial charge in [0.15, 0.2) is 0 Å². The van der Waals surface area contributed by atoms with E-state index in [9.17, 15) is 5.11 Å². The maximum Gasteiger partial charge on any atom is 0.0552 e. The standard InChI is InChI=1S/C11H26N2O/c1-3-5-7-10(14)8-9-13-11(12)6-4-2/h10-11,13-14H,3-9,12H2,1-2H3. The average Bonchev–Trinajstić information content (AvgIpc) is 2.15. The SMILES string of the molecule is CCCCC(O)CCNC(N)CCC. The van der Waals surface area contributed by atoms with E-state index >= 15 is 0 Å². The largest absolute Gasteiger partial charge is 0.393 e. The molecule has 0 saturated heterocycles. The first-order valence-corrected chi connectivity index (χ1v) is 5.87. The molecule has 0 saturated carbocycles. The lowest BCUT2D eigenvalue weighted by atomic mass is 10.1. The Bertz CT molecular complexity index is 120. The lowest BCUT2D eigenvalue weighted by Crippen LogP contribution is -2.38. The van der Waals surface area contributed by atoms with Gasteiger partial charge in [-0.15, -0.1) is 0 Å². The summed E-state index contributed by atoms with van der Waals surface area (Å²) in [5, 5.41) is 12.8. The van der Waals surface area contributed by atoms with Crippen molar-refractivity contribution in [3.63, 3.8) is 0 Å². The number of unbranched alkanes of at least 4 members (excludes halogenated alkanes) is 1. The van der Waals surface area contributed by atoms with Gasteiger partial charge in [0.05, 0.1) is 12.3 Å². The van der Waals surface area contributed by atoms with Gasteiger partial charge >= 0.3 is 0 Å². The van der Waals surface area contributed by atoms with Crippen LogP contribution in [0.5, 0.6) is 0 Å². The first-order valence-electron chi connectivity index (χ1n) is 5.87. The van der Waals surface area contributed by atoms with Crippen LogP contribution in [0.1, 0.15) is 52.4 Å². The van der Waals surface area contributed by atoms with Gasteiger partial charge in [-0.1, -0.05) is 33.1 Å². The van der Waals surface area contributed by atoms with Gasteiger partial charge in [0.2, 0.25) is 0 Å². The smallest absolute Gasteiger partial charge is 0.0552 e. The maximum atomic E-state index is 9.54. The molecule has 0 aromatic carbocycles. The third-order valence-electron chi connectivity index (χ3n) is 2.37. The van der Waals surface area contributed by atoms with E-state index in [2.05, 4.69) is 19.2 Å². The van der Waals surface area contributed by atoms with Gasteiger partial charge < -0.3 is 16.2 Å². The first kappa shape index (κ1) is 13.9. The number of nitrogens with two attached hydrogens (primary N) is 1. The molecule has 0 aliphatic heterocycles. The monoisotopic (exact) mass is 202 g/mol. The first-order chi connectivity index (χ1) is 6.70. The highest BCUT2D eigenvalue weighted by molar-refractivity contribution is 4.62. The highest BCUT2D eigenvalue weighted by atomic mass is 16.3. The van der Waals surface area contributed by atoms with Gasteiger partial charge in [-0.05, 0) is 25.8 Å². The minimum absolute atomic E-state index is 0.0957. The number of hydrogen-bond donors (Lipinski definition) is 3. The van der Waals surface area contributed by atoms with Crippen LogP contribution < -0.4 is 11.1 Å². The Labute approximate surface area is 88.1 Å². The Hall–Kier alpha value is -0.120. The number of aliphatic hydroxyl groups is 1. The topological polar surface area (TPSA) is 58.3 Å². The summed E-state index contributed by atoms with van der Waals surface area (Å²) in [5.74, 6) is 0. The maximum absolute atomic E-state index is 9.54. The van der Waals surface area contributed by atoms with E-state index in [1.165, 1.54) is 0 Å². The molecule has 0 heterocycles. The van der Waals surface area contributed by atoms with Crippen LogP contribution in [0.25, 0.3) is 0 Å². The molecule has 2 unspecified atom stereocenters. The molecule has 3 heteroatoms. The van der Waals surface area contributed by atoms with Crippen molar-refractivity contribution >= 4 is 0 Å². The summed E-state index contributed by atoms with van der Waals surface area (Å²) < 4.78 is 0. The van der Waals surface area contributed by atoms with Crippen molar-refractivity contribution in [1.29, 1.82) is 0 Å². The van der Waals surface area contributed by atoms with Gasteiger partial charge in [-0.25, -0.2) is 0 Å². The molecule has 14 heavy (non-hydrogen) atoms. The van der Waals surface area contributed by atoms with E-state index < -0.39 is 0 Å². The summed E-state index contributed by atoms with van der Waals surface area (Å²) in [6.07, 6.45) is 6.05. The zero-order valence-electron chi connectivity index (χ0n) is 9.63. The van der Waals surface area contributed by atoms with Gasteiger partial charge in [0, 0.05) is 0 Å². The molecule has 0 aliphatic rings. The Morgan fingerprint density at radius 1 is 1.14 bits per heavy atom. The van der Waals surface area contributed by atoms with Crippen molar-refractivity contribution in [2.75, 3.05) is 6.54 Å². The summed E-state index contributed by atoms with van der Waals surface area (Å²) in [4.78, 5) is 0. The summed E-state index contributed by atoms with van der Waals surface area (Å²) in [5.41, 5.74) is 5.78. The quantitative estimate of drug-likeness (QED) is 0.498. The van der Waals surface area contributed by atoms with E-state index in [1.807, 2.05) is 0 Å². The molecule has 0 aromatic rings. The number of hydrogen-bond acceptors (Lipinski definition) is 3. The second-order valence-corrected chi connectivity index (χ2v) is 3.93. The van der Waals surface area contributed by atoms with Gasteiger partial charge in [0.25, 0.3) is 0 Å². The zero-order valence-corrected chi connectivity index (χ0v) is 9.63. The summed E-state index contributed by atoms with van der Waals surface area (Å²) in [7, 11) is 0. The van der Waals surface area contributed by atoms with Gasteiger partial charge in [-0.3, -0.25) is 0 Å². The van der Waals surface area contributed by atoms with E-state index in [1.54, 1.807) is 0 Å². The second-order valence-electron chi connectivity index (χ2n) is 3.93. The molecular formula is C11H26N2O. The molecule has 0 fully saturated rings. The summed E-state index contributed by atoms with van der Waals surface area (Å²) in [6.45, 7) is 5.09. The van der Waals surface area contributed by atoms with E-state index in [-0.39, 0.29) is 12.3 Å². The van der Waals surface area contributed by atoms with Crippen molar-refractivity contribution in [3.8, 4) is 0 Å². The molecular weight excluding hydrogens is 176 g/mol. The third-order valence-corrected chi connectivity index (χ3v) is 2.37. The minimum atomic E-state index is -0.156. The Kier molecular flexibility index (Phi) is 9.35. The normalized spacial score (nSPS) is 15.4. The highest BCUT2D eigenvalue weighted by Crippen LogP contribution is 2.03. The van der Waals surface area contributed by atoms with E-state index in [4.69, 9.17) is 5.73 Å². The molecule has 86 valence electrons. The van der Waals surface area contributed by atoms with E-state index in [0.29, 0.717) is 0 Å². The number of rotatable bonds is 9. The molecule has 0 aromatic heterocycles. The molecule has 0 rings (SSSR count). The minimum Gasteiger partial charge on any atom is -0.393 e. The van der Waals surface area contributed by atoms with Crippen LogP contribution in [0.4, 0.5) is 0 Å². The zero-order chi connectivity index (χ0) is 10.8. The third kappa shape index (κ3) is 8.48. The van der Waals surface area contributed by atoms with Crippen molar-refractivity contribution in [2.24, 2.45) is 5.73 Å². The Morgan fingerprint density at radius 2 is 1.86 bits per heavy atom. The van der Waals surface area contributed by atoms with Crippen molar-refractivity contribution in [2.45, 2.75) is 64.6 Å². The average molecular weight is 202 g/mol. The fourth-order valence-electron chi connectivity index (χ4n) is 1.43. The van der Waals surface area contributed by atoms with Crippen LogP contribution >= 0.6 is 0 Å². The molecule has 0 bridgehead atoms. The van der Waals surface area contributed by atoms with Crippen LogP contribution in [-0.2, 0) is 0 Å². The number of nitrogens with one attached hydrogen (secondary N) is 1. The van der Waals surface area contributed by atoms with Crippen molar-refractivity contribution < 1.29 is 5.11 Å². The van der Waals surface area contributed by atoms with Crippen molar-refractivity contribution in [1.82, 2.24) is 5.32 Å². The summed E-state index contributed by atoms with van der Waals surface area (Å²) in [6, 6.07) is 0. The fraction of sp³-hybridized carbons (Fsp3) is 1.00. The van der Waals surface area contributed by atoms with Crippen LogP contribution in [0.15, 0.2) is 0 Å². The van der Waals surface area contributed by atoms with Crippen LogP contribution in [0.2, 0.25) is 0 Å². The summed E-state index contributed by atoms with van der Waals surface area (Å²) >= 11 is 0. The lowest BCUT2D eigenvalue weighted by molar-refractivity contribution is 0.150. The number of aliphatic hydroxyl groups excluding tert-OH is 1. The Balaban J connectivity index is 3.25. The van der Waals surface area contributed by atoms with E-state index in [0.717, 1.165) is 45.1 Å². The van der Waals surface area contributed by atoms with Crippen LogP contribution in [0, 0.1) is 0 Å². The predicted molar refractivity (Wildman–Crippen MR) is 61.0 cm³/mol. The second kappa shape index (κ2) is 9.44. The molecule has 2 atom stereocenters. The lowest BCUT2D eigenvalue weighted by Gasteiger charge is -2.14. The highest BCUT2D eigenvalue weighted by Gasteiger charge is 2.04. The van der Waals surface area contributed by atoms with Gasteiger partial charge in [0.1, 0.15) is 0 Å². The fourth-order valence-corrected chi connectivity index (χ4v) is 1.43. The molecule has 4 N–H and O–H groups in total. The van der Waals surface area contributed by atoms with Crippen molar-refractivity contribution in [3.05, 3.63) is 0 Å². The molecule has 3 nitrogen and oxygen atoms in total. The molecule has 0 aliphatic carbocycles. The van der Waals surface area contributed by atoms with Gasteiger partial charge in [-0.2, -0.15) is 0 Å². The molecule has 0 amide bonds. The predicted octanol–water partition coefficient (Wildman–Crippen LogP) is 1.60. The molecule has 0 radical (unpaired) electrons. The Morgan fingerprint density at radius 3 is 2.43 bits per heavy atom. The van der Waals surface area contributed by atoms with Crippen LogP contribution in [-0.4, -0.2) is 23.9 Å².